The van der Waals surface area contributed by atoms with Crippen LogP contribution in [0.3, 0.4) is 0 Å². The minimum atomic E-state index is 0.643. The monoisotopic (exact) mass is 338 g/mol. The highest BCUT2D eigenvalue weighted by molar-refractivity contribution is 9.10. The SMILES string of the molecule is Brc1ccc2c(c1)CCC(NCCN1CCOCC1)C2. The Hall–Kier alpha value is -0.420. The summed E-state index contributed by atoms with van der Waals surface area (Å²) < 4.78 is 6.58. The summed E-state index contributed by atoms with van der Waals surface area (Å²) >= 11 is 3.56. The minimum absolute atomic E-state index is 0.643. The van der Waals surface area contributed by atoms with Gasteiger partial charge in [0.15, 0.2) is 0 Å². The third-order valence-corrected chi connectivity index (χ3v) is 4.85. The Morgan fingerprint density at radius 2 is 2.10 bits per heavy atom. The Bertz CT molecular complexity index is 446. The molecule has 0 bridgehead atoms. The molecule has 1 aromatic rings. The van der Waals surface area contributed by atoms with Gasteiger partial charge < -0.3 is 10.1 Å². The van der Waals surface area contributed by atoms with Crippen molar-refractivity contribution in [2.75, 3.05) is 39.4 Å². The number of aryl methyl sites for hydroxylation is 1. The van der Waals surface area contributed by atoms with Crippen LogP contribution in [0.15, 0.2) is 22.7 Å². The summed E-state index contributed by atoms with van der Waals surface area (Å²) in [6.45, 7) is 6.20. The van der Waals surface area contributed by atoms with Crippen molar-refractivity contribution < 1.29 is 4.74 Å². The molecule has 2 aliphatic rings. The highest BCUT2D eigenvalue weighted by Gasteiger charge is 2.18. The van der Waals surface area contributed by atoms with Gasteiger partial charge in [0.1, 0.15) is 0 Å². The van der Waals surface area contributed by atoms with Gasteiger partial charge in [-0.1, -0.05) is 22.0 Å². The number of halogens is 1. The lowest BCUT2D eigenvalue weighted by molar-refractivity contribution is 0.0381. The molecule has 1 heterocycles. The summed E-state index contributed by atoms with van der Waals surface area (Å²) in [5.41, 5.74) is 3.04. The van der Waals surface area contributed by atoms with E-state index in [9.17, 15) is 0 Å². The van der Waals surface area contributed by atoms with Crippen LogP contribution >= 0.6 is 15.9 Å². The fourth-order valence-corrected chi connectivity index (χ4v) is 3.56. The standard InChI is InChI=1S/C16H23BrN2O/c17-15-3-1-14-12-16(4-2-13(14)11-15)18-5-6-19-7-9-20-10-8-19/h1,3,11,16,18H,2,4-10,12H2. The van der Waals surface area contributed by atoms with Gasteiger partial charge in [-0.05, 0) is 42.5 Å². The maximum Gasteiger partial charge on any atom is 0.0594 e. The van der Waals surface area contributed by atoms with E-state index in [0.29, 0.717) is 6.04 Å². The molecule has 1 fully saturated rings. The largest absolute Gasteiger partial charge is 0.379 e. The van der Waals surface area contributed by atoms with E-state index >= 15 is 0 Å². The van der Waals surface area contributed by atoms with Gasteiger partial charge >= 0.3 is 0 Å². The van der Waals surface area contributed by atoms with Gasteiger partial charge in [0.25, 0.3) is 0 Å². The molecule has 1 aromatic carbocycles. The molecule has 1 aliphatic carbocycles. The Morgan fingerprint density at radius 3 is 2.95 bits per heavy atom. The molecule has 20 heavy (non-hydrogen) atoms. The van der Waals surface area contributed by atoms with Crippen LogP contribution in [-0.4, -0.2) is 50.3 Å². The summed E-state index contributed by atoms with van der Waals surface area (Å²) in [7, 11) is 0. The molecule has 1 saturated heterocycles. The second-order valence-electron chi connectivity index (χ2n) is 5.76. The summed E-state index contributed by atoms with van der Waals surface area (Å²) in [5.74, 6) is 0. The van der Waals surface area contributed by atoms with Crippen LogP contribution < -0.4 is 5.32 Å². The van der Waals surface area contributed by atoms with E-state index in [1.165, 1.54) is 34.9 Å². The lowest BCUT2D eigenvalue weighted by Gasteiger charge is -2.29. The van der Waals surface area contributed by atoms with Crippen molar-refractivity contribution in [3.63, 3.8) is 0 Å². The molecule has 1 unspecified atom stereocenters. The number of nitrogens with zero attached hydrogens (tertiary/aromatic N) is 1. The number of morpholine rings is 1. The fourth-order valence-electron chi connectivity index (χ4n) is 3.15. The topological polar surface area (TPSA) is 24.5 Å². The Balaban J connectivity index is 1.44. The number of ether oxygens (including phenoxy) is 1. The highest BCUT2D eigenvalue weighted by Crippen LogP contribution is 2.24. The number of nitrogens with one attached hydrogen (secondary N) is 1. The molecular weight excluding hydrogens is 316 g/mol. The first-order valence-corrected chi connectivity index (χ1v) is 8.41. The van der Waals surface area contributed by atoms with Crippen LogP contribution in [-0.2, 0) is 17.6 Å². The van der Waals surface area contributed by atoms with Crippen LogP contribution in [0.25, 0.3) is 0 Å². The van der Waals surface area contributed by atoms with Crippen LogP contribution in [0.2, 0.25) is 0 Å². The normalized spacial score (nSPS) is 23.6. The van der Waals surface area contributed by atoms with E-state index in [-0.39, 0.29) is 0 Å². The molecule has 0 amide bonds. The quantitative estimate of drug-likeness (QED) is 0.911. The zero-order chi connectivity index (χ0) is 13.8. The zero-order valence-electron chi connectivity index (χ0n) is 11.9. The summed E-state index contributed by atoms with van der Waals surface area (Å²) in [6, 6.07) is 7.36. The van der Waals surface area contributed by atoms with Gasteiger partial charge in [-0.15, -0.1) is 0 Å². The van der Waals surface area contributed by atoms with Crippen molar-refractivity contribution in [3.8, 4) is 0 Å². The van der Waals surface area contributed by atoms with Crippen LogP contribution in [0.4, 0.5) is 0 Å². The maximum absolute atomic E-state index is 5.38. The van der Waals surface area contributed by atoms with E-state index in [1.54, 1.807) is 0 Å². The molecule has 3 nitrogen and oxygen atoms in total. The predicted molar refractivity (Wildman–Crippen MR) is 85.2 cm³/mol. The van der Waals surface area contributed by atoms with Crippen molar-refractivity contribution in [1.82, 2.24) is 10.2 Å². The van der Waals surface area contributed by atoms with E-state index in [2.05, 4.69) is 44.3 Å². The Kier molecular flexibility index (Phi) is 5.10. The van der Waals surface area contributed by atoms with Crippen molar-refractivity contribution in [1.29, 1.82) is 0 Å². The van der Waals surface area contributed by atoms with Gasteiger partial charge in [0.2, 0.25) is 0 Å². The molecule has 1 N–H and O–H groups in total. The lowest BCUT2D eigenvalue weighted by atomic mass is 9.88. The van der Waals surface area contributed by atoms with Crippen LogP contribution in [0.1, 0.15) is 17.5 Å². The summed E-state index contributed by atoms with van der Waals surface area (Å²) in [6.07, 6.45) is 3.63. The van der Waals surface area contributed by atoms with E-state index in [4.69, 9.17) is 4.74 Å². The van der Waals surface area contributed by atoms with Gasteiger partial charge in [-0.25, -0.2) is 0 Å². The first kappa shape index (κ1) is 14.5. The number of hydrogen-bond donors (Lipinski definition) is 1. The average Bonchev–Trinajstić information content (AvgIpc) is 2.48. The highest BCUT2D eigenvalue weighted by atomic mass is 79.9. The smallest absolute Gasteiger partial charge is 0.0594 e. The second kappa shape index (κ2) is 7.03. The molecule has 1 atom stereocenters. The van der Waals surface area contributed by atoms with Crippen molar-refractivity contribution in [2.24, 2.45) is 0 Å². The third-order valence-electron chi connectivity index (χ3n) is 4.36. The van der Waals surface area contributed by atoms with Crippen molar-refractivity contribution >= 4 is 15.9 Å². The third kappa shape index (κ3) is 3.82. The molecule has 110 valence electrons. The van der Waals surface area contributed by atoms with Crippen molar-refractivity contribution in [2.45, 2.75) is 25.3 Å². The van der Waals surface area contributed by atoms with Gasteiger partial charge in [0, 0.05) is 36.7 Å². The van der Waals surface area contributed by atoms with Gasteiger partial charge in [-0.3, -0.25) is 4.90 Å². The first-order valence-electron chi connectivity index (χ1n) is 7.62. The van der Waals surface area contributed by atoms with Crippen LogP contribution in [0.5, 0.6) is 0 Å². The second-order valence-corrected chi connectivity index (χ2v) is 6.68. The molecular formula is C16H23BrN2O. The molecule has 3 rings (SSSR count). The van der Waals surface area contributed by atoms with E-state index < -0.39 is 0 Å². The molecule has 0 spiro atoms. The van der Waals surface area contributed by atoms with Crippen molar-refractivity contribution in [3.05, 3.63) is 33.8 Å². The van der Waals surface area contributed by atoms with Gasteiger partial charge in [-0.2, -0.15) is 0 Å². The number of rotatable bonds is 4. The fraction of sp³-hybridized carbons (Fsp3) is 0.625. The Morgan fingerprint density at radius 1 is 1.25 bits per heavy atom. The predicted octanol–water partition coefficient (Wildman–Crippen LogP) is 2.23. The Labute approximate surface area is 129 Å². The average molecular weight is 339 g/mol. The van der Waals surface area contributed by atoms with E-state index in [0.717, 1.165) is 39.4 Å². The number of fused-ring (bicyclic) bond motifs is 1. The number of benzene rings is 1. The molecule has 0 saturated carbocycles. The number of hydrogen-bond acceptors (Lipinski definition) is 3. The maximum atomic E-state index is 5.38. The van der Waals surface area contributed by atoms with Gasteiger partial charge in [0.05, 0.1) is 13.2 Å². The lowest BCUT2D eigenvalue weighted by Crippen LogP contribution is -2.43. The molecule has 0 radical (unpaired) electrons. The van der Waals surface area contributed by atoms with E-state index in [1.807, 2.05) is 0 Å². The summed E-state index contributed by atoms with van der Waals surface area (Å²) in [4.78, 5) is 2.49. The molecule has 1 aliphatic heterocycles. The van der Waals surface area contributed by atoms with Crippen LogP contribution in [0, 0.1) is 0 Å². The minimum Gasteiger partial charge on any atom is -0.379 e. The molecule has 4 heteroatoms. The summed E-state index contributed by atoms with van der Waals surface area (Å²) in [5, 5.41) is 3.73. The first-order chi connectivity index (χ1) is 9.81. The zero-order valence-corrected chi connectivity index (χ0v) is 13.5. The molecule has 0 aromatic heterocycles.